The Morgan fingerprint density at radius 2 is 2.00 bits per heavy atom. The predicted octanol–water partition coefficient (Wildman–Crippen LogP) is 3.50. The fourth-order valence-electron chi connectivity index (χ4n) is 4.61. The van der Waals surface area contributed by atoms with Crippen molar-refractivity contribution in [1.82, 2.24) is 14.8 Å². The molecule has 1 aliphatic carbocycles. The Balaban J connectivity index is 1.44. The number of thioether (sulfide) groups is 1. The van der Waals surface area contributed by atoms with Gasteiger partial charge in [0.1, 0.15) is 11.9 Å². The number of amides is 1. The molecule has 1 aliphatic heterocycles. The molecule has 0 aromatic carbocycles. The molecule has 1 atom stereocenters. The third kappa shape index (κ3) is 4.71. The van der Waals surface area contributed by atoms with Crippen molar-refractivity contribution in [2.75, 3.05) is 22.6 Å². The lowest BCUT2D eigenvalue weighted by atomic mass is 9.95. The highest BCUT2D eigenvalue weighted by atomic mass is 32.2. The van der Waals surface area contributed by atoms with Gasteiger partial charge in [-0.2, -0.15) is 5.26 Å². The van der Waals surface area contributed by atoms with E-state index in [0.717, 1.165) is 48.7 Å². The molecule has 172 valence electrons. The van der Waals surface area contributed by atoms with Gasteiger partial charge in [0, 0.05) is 11.7 Å². The maximum absolute atomic E-state index is 12.7. The van der Waals surface area contributed by atoms with Crippen molar-refractivity contribution in [3.8, 4) is 6.07 Å². The number of anilines is 1. The van der Waals surface area contributed by atoms with Crippen LogP contribution in [0.2, 0.25) is 0 Å². The van der Waals surface area contributed by atoms with E-state index in [1.807, 2.05) is 13.8 Å². The normalized spacial score (nSPS) is 20.8. The molecule has 2 fully saturated rings. The number of carbonyl (C=O) groups is 1. The van der Waals surface area contributed by atoms with Gasteiger partial charge in [-0.3, -0.25) is 4.79 Å². The maximum atomic E-state index is 12.7. The van der Waals surface area contributed by atoms with E-state index in [4.69, 9.17) is 4.42 Å². The van der Waals surface area contributed by atoms with Gasteiger partial charge < -0.3 is 14.3 Å². The van der Waals surface area contributed by atoms with Gasteiger partial charge in [-0.05, 0) is 38.7 Å². The second-order valence-corrected chi connectivity index (χ2v) is 11.7. The minimum atomic E-state index is -3.04. The molecule has 1 saturated carbocycles. The Morgan fingerprint density at radius 3 is 2.66 bits per heavy atom. The summed E-state index contributed by atoms with van der Waals surface area (Å²) in [4.78, 5) is 12.7. The second kappa shape index (κ2) is 9.27. The van der Waals surface area contributed by atoms with Gasteiger partial charge in [-0.1, -0.05) is 31.0 Å². The maximum Gasteiger partial charge on any atom is 0.277 e. The Hall–Kier alpha value is -2.32. The first-order chi connectivity index (χ1) is 15.3. The van der Waals surface area contributed by atoms with Gasteiger partial charge >= 0.3 is 0 Å². The Kier molecular flexibility index (Phi) is 6.62. The van der Waals surface area contributed by atoms with Crippen LogP contribution >= 0.6 is 11.8 Å². The van der Waals surface area contributed by atoms with E-state index in [-0.39, 0.29) is 40.3 Å². The molecular weight excluding hydrogens is 450 g/mol. The number of nitrogens with one attached hydrogen (secondary N) is 1. The van der Waals surface area contributed by atoms with Crippen LogP contribution in [0.15, 0.2) is 9.64 Å². The first kappa shape index (κ1) is 22.9. The molecule has 0 bridgehead atoms. The number of hydrogen-bond donors (Lipinski definition) is 1. The lowest BCUT2D eigenvalue weighted by Gasteiger charge is -2.27. The zero-order valence-electron chi connectivity index (χ0n) is 18.3. The molecule has 0 spiro atoms. The average molecular weight is 478 g/mol. The fraction of sp³-hybridized carbons (Fsp3) is 0.619. The van der Waals surface area contributed by atoms with Gasteiger partial charge in [0.15, 0.2) is 9.84 Å². The molecule has 11 heteroatoms. The zero-order chi connectivity index (χ0) is 22.9. The van der Waals surface area contributed by atoms with Gasteiger partial charge in [-0.25, -0.2) is 8.42 Å². The molecule has 4 rings (SSSR count). The quantitative estimate of drug-likeness (QED) is 0.626. The highest BCUT2D eigenvalue weighted by molar-refractivity contribution is 7.99. The van der Waals surface area contributed by atoms with Crippen LogP contribution in [-0.4, -0.2) is 46.3 Å². The van der Waals surface area contributed by atoms with Crippen molar-refractivity contribution in [3.05, 3.63) is 22.7 Å². The van der Waals surface area contributed by atoms with Crippen molar-refractivity contribution < 1.29 is 17.6 Å². The number of hydrogen-bond acceptors (Lipinski definition) is 8. The Morgan fingerprint density at radius 1 is 1.25 bits per heavy atom. The number of sulfone groups is 1. The van der Waals surface area contributed by atoms with E-state index in [2.05, 4.69) is 26.2 Å². The van der Waals surface area contributed by atoms with Crippen LogP contribution in [0, 0.1) is 25.2 Å². The molecule has 0 unspecified atom stereocenters. The molecule has 1 saturated heterocycles. The van der Waals surface area contributed by atoms with E-state index < -0.39 is 9.84 Å². The van der Waals surface area contributed by atoms with E-state index in [0.29, 0.717) is 23.7 Å². The minimum absolute atomic E-state index is 0.0214. The molecule has 9 nitrogen and oxygen atoms in total. The monoisotopic (exact) mass is 477 g/mol. The zero-order valence-corrected chi connectivity index (χ0v) is 19.9. The van der Waals surface area contributed by atoms with Crippen LogP contribution in [0.4, 0.5) is 5.82 Å². The molecule has 32 heavy (non-hydrogen) atoms. The van der Waals surface area contributed by atoms with E-state index >= 15 is 0 Å². The number of nitriles is 1. The molecule has 2 aromatic heterocycles. The number of nitrogens with zero attached hydrogens (tertiary/aromatic N) is 4. The molecule has 1 N–H and O–H groups in total. The van der Waals surface area contributed by atoms with Crippen molar-refractivity contribution in [3.63, 3.8) is 0 Å². The first-order valence-corrected chi connectivity index (χ1v) is 13.7. The van der Waals surface area contributed by atoms with E-state index in [1.165, 1.54) is 6.42 Å². The number of aromatic nitrogens is 3. The molecule has 1 amide bonds. The molecule has 0 radical (unpaired) electrons. The average Bonchev–Trinajstić information content (AvgIpc) is 3.44. The largest absolute Gasteiger partial charge is 0.416 e. The lowest BCUT2D eigenvalue weighted by molar-refractivity contribution is -0.113. The van der Waals surface area contributed by atoms with Crippen LogP contribution in [0.1, 0.15) is 73.2 Å². The second-order valence-electron chi connectivity index (χ2n) is 8.55. The standard InChI is InChI=1S/C21H27N5O4S2/c1-13-14(2)26(16-6-4-3-5-7-16)19(17(13)10-22)23-18(27)11-31-21-25-24-20(30-21)15-8-9-32(28,29)12-15/h15-16H,3-9,11-12H2,1-2H3,(H,23,27)/t15-/m1/s1. The number of rotatable bonds is 6. The summed E-state index contributed by atoms with van der Waals surface area (Å²) in [5.41, 5.74) is 2.42. The minimum Gasteiger partial charge on any atom is -0.416 e. The van der Waals surface area contributed by atoms with Crippen LogP contribution in [-0.2, 0) is 14.6 Å². The summed E-state index contributed by atoms with van der Waals surface area (Å²) in [5, 5.41) is 20.8. The highest BCUT2D eigenvalue weighted by Crippen LogP contribution is 2.37. The summed E-state index contributed by atoms with van der Waals surface area (Å²) in [6.45, 7) is 3.92. The summed E-state index contributed by atoms with van der Waals surface area (Å²) in [6.07, 6.45) is 6.07. The fourth-order valence-corrected chi connectivity index (χ4v) is 6.91. The lowest BCUT2D eigenvalue weighted by Crippen LogP contribution is -2.21. The Labute approximate surface area is 191 Å². The molecule has 3 heterocycles. The third-order valence-corrected chi connectivity index (χ3v) is 8.98. The SMILES string of the molecule is Cc1c(C#N)c(NC(=O)CSc2nnc([C@@H]3CCS(=O)(=O)C3)o2)n(C2CCCCC2)c1C. The smallest absolute Gasteiger partial charge is 0.277 e. The first-order valence-electron chi connectivity index (χ1n) is 10.9. The Bertz CT molecular complexity index is 1160. The van der Waals surface area contributed by atoms with Gasteiger partial charge in [0.05, 0.1) is 28.7 Å². The summed E-state index contributed by atoms with van der Waals surface area (Å²) in [7, 11) is -3.04. The van der Waals surface area contributed by atoms with E-state index in [9.17, 15) is 18.5 Å². The third-order valence-electron chi connectivity index (χ3n) is 6.40. The highest BCUT2D eigenvalue weighted by Gasteiger charge is 2.33. The van der Waals surface area contributed by atoms with Crippen molar-refractivity contribution in [2.24, 2.45) is 0 Å². The predicted molar refractivity (Wildman–Crippen MR) is 120 cm³/mol. The van der Waals surface area contributed by atoms with Crippen LogP contribution in [0.3, 0.4) is 0 Å². The van der Waals surface area contributed by atoms with Gasteiger partial charge in [0.2, 0.25) is 11.8 Å². The molecule has 2 aliphatic rings. The summed E-state index contributed by atoms with van der Waals surface area (Å²) >= 11 is 1.10. The summed E-state index contributed by atoms with van der Waals surface area (Å²) < 4.78 is 31.0. The van der Waals surface area contributed by atoms with Crippen molar-refractivity contribution in [2.45, 2.75) is 69.6 Å². The van der Waals surface area contributed by atoms with Gasteiger partial charge in [-0.15, -0.1) is 10.2 Å². The van der Waals surface area contributed by atoms with Crippen LogP contribution < -0.4 is 5.32 Å². The van der Waals surface area contributed by atoms with E-state index in [1.54, 1.807) is 0 Å². The van der Waals surface area contributed by atoms with Crippen LogP contribution in [0.25, 0.3) is 0 Å². The number of carbonyl (C=O) groups excluding carboxylic acids is 1. The molecule has 2 aromatic rings. The summed E-state index contributed by atoms with van der Waals surface area (Å²) in [6, 6.07) is 2.54. The molecular formula is C21H27N5O4S2. The van der Waals surface area contributed by atoms with Gasteiger partial charge in [0.25, 0.3) is 5.22 Å². The summed E-state index contributed by atoms with van der Waals surface area (Å²) in [5.74, 6) is 0.534. The van der Waals surface area contributed by atoms with Crippen molar-refractivity contribution in [1.29, 1.82) is 5.26 Å². The van der Waals surface area contributed by atoms with Crippen molar-refractivity contribution >= 4 is 33.3 Å². The van der Waals surface area contributed by atoms with Crippen LogP contribution in [0.5, 0.6) is 0 Å². The topological polar surface area (TPSA) is 131 Å².